The summed E-state index contributed by atoms with van der Waals surface area (Å²) >= 11 is 0. The molecule has 0 saturated carbocycles. The minimum absolute atomic E-state index is 0.233. The van der Waals surface area contributed by atoms with Gasteiger partial charge < -0.3 is 9.15 Å². The Morgan fingerprint density at radius 1 is 1.21 bits per heavy atom. The third-order valence-electron chi connectivity index (χ3n) is 5.73. The predicted molar refractivity (Wildman–Crippen MR) is 121 cm³/mol. The van der Waals surface area contributed by atoms with Crippen LogP contribution in [0.4, 0.5) is 0 Å². The Bertz CT molecular complexity index is 759. The molecular formula is C26H38O3. The highest BCUT2D eigenvalue weighted by Crippen LogP contribution is 2.40. The zero-order valence-electron chi connectivity index (χ0n) is 19.0. The predicted octanol–water partition coefficient (Wildman–Crippen LogP) is 7.89. The summed E-state index contributed by atoms with van der Waals surface area (Å²) in [5.41, 5.74) is 4.26. The highest BCUT2D eigenvalue weighted by Gasteiger charge is 2.26. The van der Waals surface area contributed by atoms with E-state index in [9.17, 15) is 4.79 Å². The van der Waals surface area contributed by atoms with Gasteiger partial charge in [0.25, 0.3) is 0 Å². The number of unbranched alkanes of at least 4 members (excludes halogenated alkanes) is 4. The van der Waals surface area contributed by atoms with E-state index in [0.29, 0.717) is 12.4 Å². The first-order chi connectivity index (χ1) is 13.8. The van der Waals surface area contributed by atoms with Crippen LogP contribution in [0.25, 0.3) is 6.08 Å². The van der Waals surface area contributed by atoms with E-state index in [1.807, 2.05) is 12.1 Å². The molecule has 3 heteroatoms. The number of carbonyl (C=O) groups is 1. The number of allylic oxidation sites excluding steroid dienone is 5. The quantitative estimate of drug-likeness (QED) is 0.228. The molecule has 1 aliphatic carbocycles. The summed E-state index contributed by atoms with van der Waals surface area (Å²) in [6, 6.07) is 3.52. The molecule has 1 aromatic heterocycles. The summed E-state index contributed by atoms with van der Waals surface area (Å²) in [7, 11) is 0. The van der Waals surface area contributed by atoms with Crippen LogP contribution in [0.5, 0.6) is 0 Å². The fourth-order valence-corrected chi connectivity index (χ4v) is 3.98. The van der Waals surface area contributed by atoms with E-state index in [-0.39, 0.29) is 17.1 Å². The molecule has 1 aliphatic rings. The molecule has 2 rings (SSSR count). The summed E-state index contributed by atoms with van der Waals surface area (Å²) in [6.45, 7) is 11.6. The van der Waals surface area contributed by atoms with Crippen molar-refractivity contribution in [3.63, 3.8) is 0 Å². The van der Waals surface area contributed by atoms with Crippen molar-refractivity contribution < 1.29 is 13.9 Å². The molecule has 0 N–H and O–H groups in total. The van der Waals surface area contributed by atoms with Gasteiger partial charge in [0.05, 0.1) is 6.61 Å². The second-order valence-corrected chi connectivity index (χ2v) is 8.91. The smallest absolute Gasteiger partial charge is 0.374 e. The minimum atomic E-state index is -0.377. The lowest BCUT2D eigenvalue weighted by Crippen LogP contribution is -2.19. The number of hydrogen-bond donors (Lipinski definition) is 0. The van der Waals surface area contributed by atoms with Gasteiger partial charge in [-0.15, -0.1) is 0 Å². The SMILES string of the molecule is CCCCCCCOC(=O)c1ccc(/C=C(\C)C=CC2=C(C)CCCC2(C)C)o1. The molecule has 29 heavy (non-hydrogen) atoms. The Balaban J connectivity index is 1.91. The Kier molecular flexibility index (Phi) is 9.00. The van der Waals surface area contributed by atoms with Crippen molar-refractivity contribution in [3.05, 3.63) is 52.5 Å². The van der Waals surface area contributed by atoms with E-state index in [0.717, 1.165) is 18.4 Å². The molecule has 0 aliphatic heterocycles. The molecule has 1 aromatic rings. The zero-order chi connectivity index (χ0) is 21.3. The molecule has 0 saturated heterocycles. The fourth-order valence-electron chi connectivity index (χ4n) is 3.98. The van der Waals surface area contributed by atoms with Crippen molar-refractivity contribution in [3.8, 4) is 0 Å². The van der Waals surface area contributed by atoms with Crippen LogP contribution in [-0.2, 0) is 4.74 Å². The summed E-state index contributed by atoms with van der Waals surface area (Å²) in [6.07, 6.45) is 15.7. The van der Waals surface area contributed by atoms with Gasteiger partial charge in [0.2, 0.25) is 5.76 Å². The monoisotopic (exact) mass is 398 g/mol. The van der Waals surface area contributed by atoms with E-state index in [1.165, 1.54) is 49.7 Å². The van der Waals surface area contributed by atoms with Gasteiger partial charge in [0, 0.05) is 0 Å². The molecule has 160 valence electrons. The lowest BCUT2D eigenvalue weighted by molar-refractivity contribution is 0.0461. The Labute approximate surface area is 176 Å². The maximum absolute atomic E-state index is 12.1. The van der Waals surface area contributed by atoms with Crippen LogP contribution in [0.15, 0.2) is 45.4 Å². The van der Waals surface area contributed by atoms with E-state index < -0.39 is 0 Å². The van der Waals surface area contributed by atoms with Crippen LogP contribution >= 0.6 is 0 Å². The molecule has 3 nitrogen and oxygen atoms in total. The van der Waals surface area contributed by atoms with Crippen LogP contribution in [0.1, 0.15) is 102 Å². The molecular weight excluding hydrogens is 360 g/mol. The average Bonchev–Trinajstić information content (AvgIpc) is 3.12. The maximum Gasteiger partial charge on any atom is 0.374 e. The van der Waals surface area contributed by atoms with Crippen molar-refractivity contribution in [2.45, 2.75) is 86.0 Å². The van der Waals surface area contributed by atoms with Gasteiger partial charge in [-0.1, -0.05) is 64.2 Å². The van der Waals surface area contributed by atoms with Crippen molar-refractivity contribution in [2.75, 3.05) is 6.61 Å². The van der Waals surface area contributed by atoms with Crippen LogP contribution in [0.2, 0.25) is 0 Å². The summed E-state index contributed by atoms with van der Waals surface area (Å²) in [5, 5.41) is 0. The van der Waals surface area contributed by atoms with Gasteiger partial charge in [-0.2, -0.15) is 0 Å². The van der Waals surface area contributed by atoms with E-state index in [2.05, 4.69) is 46.8 Å². The largest absolute Gasteiger partial charge is 0.460 e. The molecule has 0 atom stereocenters. The normalized spacial score (nSPS) is 17.2. The van der Waals surface area contributed by atoms with Crippen LogP contribution in [0.3, 0.4) is 0 Å². The second-order valence-electron chi connectivity index (χ2n) is 8.91. The van der Waals surface area contributed by atoms with Crippen molar-refractivity contribution >= 4 is 12.0 Å². The van der Waals surface area contributed by atoms with Crippen molar-refractivity contribution in [2.24, 2.45) is 5.41 Å². The van der Waals surface area contributed by atoms with Gasteiger partial charge >= 0.3 is 5.97 Å². The Hall–Kier alpha value is -2.03. The van der Waals surface area contributed by atoms with Crippen LogP contribution < -0.4 is 0 Å². The van der Waals surface area contributed by atoms with Crippen LogP contribution in [-0.4, -0.2) is 12.6 Å². The first-order valence-electron chi connectivity index (χ1n) is 11.2. The first kappa shape index (κ1) is 23.3. The van der Waals surface area contributed by atoms with Gasteiger partial charge in [-0.25, -0.2) is 4.79 Å². The number of furan rings is 1. The maximum atomic E-state index is 12.1. The molecule has 0 spiro atoms. The molecule has 0 bridgehead atoms. The van der Waals surface area contributed by atoms with Crippen LogP contribution in [0, 0.1) is 5.41 Å². The van der Waals surface area contributed by atoms with Gasteiger partial charge in [-0.05, 0) is 74.3 Å². The van der Waals surface area contributed by atoms with E-state index in [4.69, 9.17) is 9.15 Å². The van der Waals surface area contributed by atoms with Gasteiger partial charge in [0.15, 0.2) is 0 Å². The third-order valence-corrected chi connectivity index (χ3v) is 5.73. The number of carbonyl (C=O) groups excluding carboxylic acids is 1. The number of hydrogen-bond acceptors (Lipinski definition) is 3. The zero-order valence-corrected chi connectivity index (χ0v) is 19.0. The first-order valence-corrected chi connectivity index (χ1v) is 11.2. The highest BCUT2D eigenvalue weighted by molar-refractivity contribution is 5.86. The van der Waals surface area contributed by atoms with E-state index >= 15 is 0 Å². The lowest BCUT2D eigenvalue weighted by Gasteiger charge is -2.32. The Morgan fingerprint density at radius 3 is 2.69 bits per heavy atom. The topological polar surface area (TPSA) is 39.4 Å². The molecule has 0 aromatic carbocycles. The van der Waals surface area contributed by atoms with Gasteiger partial charge in [-0.3, -0.25) is 0 Å². The number of esters is 1. The molecule has 0 unspecified atom stereocenters. The highest BCUT2D eigenvalue weighted by atomic mass is 16.5. The van der Waals surface area contributed by atoms with E-state index in [1.54, 1.807) is 6.07 Å². The van der Waals surface area contributed by atoms with Gasteiger partial charge in [0.1, 0.15) is 5.76 Å². The second kappa shape index (κ2) is 11.2. The standard InChI is InChI=1S/C26H38O3/c1-6-7-8-9-10-18-28-25(27)24-16-14-22(29-24)19-20(2)13-15-23-21(3)12-11-17-26(23,4)5/h13-16,19H,6-12,17-18H2,1-5H3/b15-13?,20-19+. The molecule has 0 radical (unpaired) electrons. The summed E-state index contributed by atoms with van der Waals surface area (Å²) in [5.74, 6) is 0.572. The fraction of sp³-hybridized carbons (Fsp3) is 0.577. The number of rotatable bonds is 10. The number of ether oxygens (including phenoxy) is 1. The lowest BCUT2D eigenvalue weighted by atomic mass is 9.72. The summed E-state index contributed by atoms with van der Waals surface area (Å²) < 4.78 is 11.0. The van der Waals surface area contributed by atoms with Crippen molar-refractivity contribution in [1.82, 2.24) is 0 Å². The minimum Gasteiger partial charge on any atom is -0.460 e. The third kappa shape index (κ3) is 7.38. The summed E-state index contributed by atoms with van der Waals surface area (Å²) in [4.78, 5) is 12.1. The molecule has 0 amide bonds. The average molecular weight is 399 g/mol. The van der Waals surface area contributed by atoms with Crippen molar-refractivity contribution in [1.29, 1.82) is 0 Å². The Morgan fingerprint density at radius 2 is 1.97 bits per heavy atom. The molecule has 1 heterocycles. The molecule has 0 fully saturated rings.